The molecule has 0 bridgehead atoms. The van der Waals surface area contributed by atoms with E-state index >= 15 is 0 Å². The maximum atomic E-state index is 14.1. The molecule has 0 N–H and O–H groups in total. The fraction of sp³-hybridized carbons (Fsp3) is 0.407. The van der Waals surface area contributed by atoms with Crippen LogP contribution in [0.3, 0.4) is 0 Å². The molecule has 1 fully saturated rings. The monoisotopic (exact) mass is 542 g/mol. The van der Waals surface area contributed by atoms with E-state index in [2.05, 4.69) is 10.2 Å². The van der Waals surface area contributed by atoms with E-state index in [9.17, 15) is 22.8 Å². The molecule has 1 radical (unpaired) electrons. The molecule has 12 heteroatoms. The number of nitrogens with zero attached hydrogens (tertiary/aromatic N) is 6. The van der Waals surface area contributed by atoms with E-state index in [0.29, 0.717) is 11.6 Å². The standard InChI is InChI=1S/C27H29F3N6O3/c1-4-34(26(38)39-3)13-17-11-21(27(28,29)30)22-15-35(25(37)36(22)14-17)20-10-6-9-19(12-20)23(18-7-5-8-18)24-32-31-16-33(24)2/h6,9-12,14-16,18,23H,4-5,7-8,13H2,1-3H3/q+1/t23-/m1/s1. The van der Waals surface area contributed by atoms with Gasteiger partial charge in [-0.05, 0) is 60.1 Å². The SMILES string of the molecule is CCN(Cc1cc(C(F)(F)F)c2cn(-c3cccc([C@H]([C]4N=NC=[N+]4C)C4CCC4)c3)c(=O)n2c1)C(=O)OC. The summed E-state index contributed by atoms with van der Waals surface area (Å²) in [6, 6.07) is 8.26. The zero-order chi connectivity index (χ0) is 27.9. The highest BCUT2D eigenvalue weighted by Gasteiger charge is 2.42. The number of fused-ring (bicyclic) bond motifs is 1. The summed E-state index contributed by atoms with van der Waals surface area (Å²) in [5, 5.41) is 8.36. The van der Waals surface area contributed by atoms with Crippen molar-refractivity contribution in [1.82, 2.24) is 13.9 Å². The van der Waals surface area contributed by atoms with Crippen molar-refractivity contribution in [3.05, 3.63) is 76.1 Å². The third kappa shape index (κ3) is 4.95. The zero-order valence-corrected chi connectivity index (χ0v) is 21.9. The lowest BCUT2D eigenvalue weighted by Gasteiger charge is -2.34. The highest BCUT2D eigenvalue weighted by Crippen LogP contribution is 2.46. The second kappa shape index (κ2) is 10.3. The summed E-state index contributed by atoms with van der Waals surface area (Å²) in [6.07, 6.45) is 2.82. The van der Waals surface area contributed by atoms with Gasteiger partial charge in [0.15, 0.2) is 0 Å². The molecule has 205 valence electrons. The number of benzene rings is 1. The molecule has 1 aromatic carbocycles. The molecular weight excluding hydrogens is 513 g/mol. The zero-order valence-electron chi connectivity index (χ0n) is 21.9. The Labute approximate surface area is 222 Å². The van der Waals surface area contributed by atoms with Crippen molar-refractivity contribution in [2.24, 2.45) is 16.1 Å². The molecule has 9 nitrogen and oxygen atoms in total. The van der Waals surface area contributed by atoms with Gasteiger partial charge in [0.25, 0.3) is 0 Å². The fourth-order valence-electron chi connectivity index (χ4n) is 5.25. The number of rotatable bonds is 7. The van der Waals surface area contributed by atoms with Crippen LogP contribution >= 0.6 is 0 Å². The van der Waals surface area contributed by atoms with Crippen molar-refractivity contribution < 1.29 is 27.3 Å². The van der Waals surface area contributed by atoms with E-state index in [4.69, 9.17) is 4.74 Å². The Kier molecular flexibility index (Phi) is 7.04. The smallest absolute Gasteiger partial charge is 0.418 e. The largest absolute Gasteiger partial charge is 0.453 e. The average molecular weight is 543 g/mol. The molecule has 1 aliphatic heterocycles. The molecule has 3 heterocycles. The number of imidazole rings is 1. The highest BCUT2D eigenvalue weighted by molar-refractivity contribution is 5.67. The van der Waals surface area contributed by atoms with Crippen molar-refractivity contribution in [3.8, 4) is 5.69 Å². The lowest BCUT2D eigenvalue weighted by Crippen LogP contribution is -2.30. The quantitative estimate of drug-likeness (QED) is 0.385. The topological polar surface area (TPSA) is 83.7 Å². The van der Waals surface area contributed by atoms with Gasteiger partial charge in [-0.2, -0.15) is 13.2 Å². The van der Waals surface area contributed by atoms with Crippen LogP contribution in [0.1, 0.15) is 48.8 Å². The summed E-state index contributed by atoms with van der Waals surface area (Å²) >= 11 is 0. The highest BCUT2D eigenvalue weighted by atomic mass is 19.4. The van der Waals surface area contributed by atoms with Crippen LogP contribution in [0.2, 0.25) is 0 Å². The Morgan fingerprint density at radius 1 is 1.26 bits per heavy atom. The van der Waals surface area contributed by atoms with Crippen LogP contribution in [-0.4, -0.2) is 51.6 Å². The number of azo groups is 1. The molecule has 1 atom stereocenters. The number of methoxy groups -OCH3 is 1. The second-order valence-corrected chi connectivity index (χ2v) is 9.84. The molecule has 0 spiro atoms. The molecule has 5 rings (SSSR count). The lowest BCUT2D eigenvalue weighted by atomic mass is 9.71. The van der Waals surface area contributed by atoms with Crippen molar-refractivity contribution in [2.75, 3.05) is 20.7 Å². The predicted molar refractivity (Wildman–Crippen MR) is 137 cm³/mol. The lowest BCUT2D eigenvalue weighted by molar-refractivity contribution is -0.480. The third-order valence-corrected chi connectivity index (χ3v) is 7.47. The molecular formula is C27H29F3N6O3+. The minimum Gasteiger partial charge on any atom is -0.453 e. The van der Waals surface area contributed by atoms with E-state index in [1.54, 1.807) is 25.4 Å². The van der Waals surface area contributed by atoms with Crippen molar-refractivity contribution in [2.45, 2.75) is 44.8 Å². The molecule has 1 saturated carbocycles. The Morgan fingerprint density at radius 3 is 2.62 bits per heavy atom. The van der Waals surface area contributed by atoms with Crippen LogP contribution in [-0.2, 0) is 17.5 Å². The van der Waals surface area contributed by atoms with Crippen molar-refractivity contribution in [1.29, 1.82) is 0 Å². The summed E-state index contributed by atoms with van der Waals surface area (Å²) in [4.78, 5) is 26.8. The van der Waals surface area contributed by atoms with Gasteiger partial charge in [-0.3, -0.25) is 8.97 Å². The van der Waals surface area contributed by atoms with E-state index < -0.39 is 23.5 Å². The Bertz CT molecular complexity index is 1520. The van der Waals surface area contributed by atoms with Crippen LogP contribution in [0.4, 0.5) is 18.0 Å². The van der Waals surface area contributed by atoms with Gasteiger partial charge < -0.3 is 9.64 Å². The molecule has 2 aromatic heterocycles. The molecule has 2 aliphatic rings. The van der Waals surface area contributed by atoms with Crippen LogP contribution < -0.4 is 5.69 Å². The number of halogens is 3. The number of amides is 1. The normalized spacial score (nSPS) is 16.8. The summed E-state index contributed by atoms with van der Waals surface area (Å²) in [7, 11) is 3.08. The number of hydrogen-bond donors (Lipinski definition) is 0. The fourth-order valence-corrected chi connectivity index (χ4v) is 5.25. The summed E-state index contributed by atoms with van der Waals surface area (Å²) < 4.78 is 51.2. The maximum Gasteiger partial charge on any atom is 0.418 e. The molecule has 1 aliphatic carbocycles. The third-order valence-electron chi connectivity index (χ3n) is 7.47. The van der Waals surface area contributed by atoms with E-state index in [0.717, 1.165) is 41.5 Å². The van der Waals surface area contributed by atoms with Crippen molar-refractivity contribution in [3.63, 3.8) is 0 Å². The summed E-state index contributed by atoms with van der Waals surface area (Å²) in [6.45, 7) is 1.77. The van der Waals surface area contributed by atoms with E-state index in [1.165, 1.54) is 29.0 Å². The number of aromatic nitrogens is 2. The molecule has 3 aromatic rings. The minimum absolute atomic E-state index is 0.0466. The van der Waals surface area contributed by atoms with E-state index in [-0.39, 0.29) is 30.1 Å². The van der Waals surface area contributed by atoms with Gasteiger partial charge in [0, 0.05) is 18.9 Å². The summed E-state index contributed by atoms with van der Waals surface area (Å²) in [5.74, 6) is 0.318. The maximum absolute atomic E-state index is 14.1. The van der Waals surface area contributed by atoms with Gasteiger partial charge >= 0.3 is 30.5 Å². The number of likely N-dealkylation sites (N-methyl/N-ethyl adjacent to an activating group) is 1. The van der Waals surface area contributed by atoms with Crippen LogP contribution in [0.5, 0.6) is 0 Å². The first kappa shape index (κ1) is 26.6. The molecule has 1 amide bonds. The van der Waals surface area contributed by atoms with Gasteiger partial charge in [-0.1, -0.05) is 18.6 Å². The number of carbonyl (C=O) groups is 1. The number of alkyl halides is 3. The molecule has 0 unspecified atom stereocenters. The van der Waals surface area contributed by atoms with Crippen molar-refractivity contribution >= 4 is 17.9 Å². The Morgan fingerprint density at radius 2 is 2.03 bits per heavy atom. The molecule has 0 saturated heterocycles. The van der Waals surface area contributed by atoms with Gasteiger partial charge in [0.2, 0.25) is 0 Å². The van der Waals surface area contributed by atoms with Crippen LogP contribution in [0.15, 0.2) is 57.7 Å². The Balaban J connectivity index is 1.60. The number of carbonyl (C=O) groups excluding carboxylic acids is 1. The first-order chi connectivity index (χ1) is 18.6. The predicted octanol–water partition coefficient (Wildman–Crippen LogP) is 5.21. The van der Waals surface area contributed by atoms with Gasteiger partial charge in [0.1, 0.15) is 0 Å². The minimum atomic E-state index is -4.72. The van der Waals surface area contributed by atoms with E-state index in [1.807, 2.05) is 23.8 Å². The van der Waals surface area contributed by atoms with Crippen LogP contribution in [0.25, 0.3) is 11.2 Å². The summed E-state index contributed by atoms with van der Waals surface area (Å²) in [5.41, 5.74) is -0.348. The first-order valence-corrected chi connectivity index (χ1v) is 12.7. The number of hydrogen-bond acceptors (Lipinski definition) is 5. The second-order valence-electron chi connectivity index (χ2n) is 9.84. The molecule has 39 heavy (non-hydrogen) atoms. The average Bonchev–Trinajstić information content (AvgIpc) is 3.45. The first-order valence-electron chi connectivity index (χ1n) is 12.7. The number of pyridine rings is 1. The van der Waals surface area contributed by atoms with Gasteiger partial charge in [-0.15, -0.1) is 0 Å². The Hall–Kier alpha value is -3.96. The van der Waals surface area contributed by atoms with Gasteiger partial charge in [-0.25, -0.2) is 14.2 Å². The van der Waals surface area contributed by atoms with Crippen LogP contribution in [0, 0.1) is 12.1 Å². The number of ether oxygens (including phenoxy) is 1. The van der Waals surface area contributed by atoms with Gasteiger partial charge in [0.05, 0.1) is 48.5 Å².